The molecule has 3 aromatic rings. The third-order valence-corrected chi connectivity index (χ3v) is 5.98. The predicted octanol–water partition coefficient (Wildman–Crippen LogP) is 1.97. The van der Waals surface area contributed by atoms with Crippen LogP contribution in [0.3, 0.4) is 0 Å². The monoisotopic (exact) mass is 353 g/mol. The lowest BCUT2D eigenvalue weighted by atomic mass is 9.70. The highest BCUT2D eigenvalue weighted by atomic mass is 32.1. The highest BCUT2D eigenvalue weighted by Gasteiger charge is 2.48. The van der Waals surface area contributed by atoms with Crippen molar-refractivity contribution in [3.05, 3.63) is 64.0 Å². The number of carboxylic acids is 1. The van der Waals surface area contributed by atoms with Gasteiger partial charge in [0.1, 0.15) is 10.4 Å². The Morgan fingerprint density at radius 1 is 1.16 bits per heavy atom. The maximum absolute atomic E-state index is 13.1. The summed E-state index contributed by atoms with van der Waals surface area (Å²) in [5.74, 6) is -1.56. The summed E-state index contributed by atoms with van der Waals surface area (Å²) in [4.78, 5) is 24.8. The number of nitrogen functional groups attached to an aromatic ring is 1. The molecule has 0 saturated heterocycles. The molecule has 2 atom stereocenters. The van der Waals surface area contributed by atoms with Crippen molar-refractivity contribution in [1.82, 2.24) is 0 Å². The number of thiophene rings is 1. The highest BCUT2D eigenvalue weighted by Crippen LogP contribution is 2.49. The molecule has 6 nitrogen and oxygen atoms in total. The van der Waals surface area contributed by atoms with Crippen LogP contribution in [-0.4, -0.2) is 16.9 Å². The summed E-state index contributed by atoms with van der Waals surface area (Å²) in [6, 6.07) is 11.2. The zero-order valence-electron chi connectivity index (χ0n) is 13.0. The van der Waals surface area contributed by atoms with Crippen LogP contribution in [0, 0.1) is 0 Å². The van der Waals surface area contributed by atoms with Crippen LogP contribution in [0.25, 0.3) is 10.1 Å². The molecular weight excluding hydrogens is 338 g/mol. The molecule has 0 radical (unpaired) electrons. The normalized spacial score (nSPS) is 22.3. The second kappa shape index (κ2) is 5.13. The lowest BCUT2D eigenvalue weighted by Gasteiger charge is -2.36. The van der Waals surface area contributed by atoms with Crippen LogP contribution in [0.15, 0.2) is 42.5 Å². The first-order valence-corrected chi connectivity index (χ1v) is 8.42. The Balaban J connectivity index is 2.17. The Morgan fingerprint density at radius 3 is 2.48 bits per heavy atom. The summed E-state index contributed by atoms with van der Waals surface area (Å²) in [6.45, 7) is 0. The van der Waals surface area contributed by atoms with Crippen molar-refractivity contribution in [2.45, 2.75) is 11.6 Å². The van der Waals surface area contributed by atoms with Gasteiger partial charge in [0.2, 0.25) is 0 Å². The number of Topliss-reactive ketones (excluding diaryl/α,β-unsaturated/α-hetero) is 1. The van der Waals surface area contributed by atoms with Gasteiger partial charge in [-0.1, -0.05) is 36.4 Å². The van der Waals surface area contributed by atoms with Gasteiger partial charge >= 0.3 is 5.97 Å². The molecule has 1 aromatic heterocycles. The fourth-order valence-corrected chi connectivity index (χ4v) is 4.68. The summed E-state index contributed by atoms with van der Waals surface area (Å²) >= 11 is 1.03. The zero-order valence-corrected chi connectivity index (χ0v) is 13.8. The maximum Gasteiger partial charge on any atom is 0.346 e. The van der Waals surface area contributed by atoms with Gasteiger partial charge < -0.3 is 22.3 Å². The van der Waals surface area contributed by atoms with Crippen LogP contribution < -0.4 is 17.2 Å². The van der Waals surface area contributed by atoms with E-state index >= 15 is 0 Å². The van der Waals surface area contributed by atoms with Crippen LogP contribution in [-0.2, 0) is 10.3 Å². The van der Waals surface area contributed by atoms with E-state index in [1.165, 1.54) is 0 Å². The Hall–Kier alpha value is -2.74. The van der Waals surface area contributed by atoms with Gasteiger partial charge in [-0.2, -0.15) is 0 Å². The van der Waals surface area contributed by atoms with E-state index in [2.05, 4.69) is 0 Å². The zero-order chi connectivity index (χ0) is 17.9. The van der Waals surface area contributed by atoms with Gasteiger partial charge in [-0.15, -0.1) is 11.3 Å². The fourth-order valence-electron chi connectivity index (χ4n) is 3.54. The number of hydrogen-bond acceptors (Lipinski definition) is 6. The van der Waals surface area contributed by atoms with E-state index in [9.17, 15) is 14.7 Å². The van der Waals surface area contributed by atoms with Gasteiger partial charge in [0, 0.05) is 16.6 Å². The van der Waals surface area contributed by atoms with Crippen molar-refractivity contribution in [2.24, 2.45) is 11.5 Å². The van der Waals surface area contributed by atoms with E-state index < -0.39 is 23.3 Å². The Labute approximate surface area is 146 Å². The molecule has 0 fully saturated rings. The van der Waals surface area contributed by atoms with E-state index in [4.69, 9.17) is 17.2 Å². The number of carbonyl (C=O) groups is 2. The highest BCUT2D eigenvalue weighted by molar-refractivity contribution is 7.21. The molecule has 25 heavy (non-hydrogen) atoms. The molecule has 0 amide bonds. The van der Waals surface area contributed by atoms with Crippen LogP contribution in [0.4, 0.5) is 5.69 Å². The maximum atomic E-state index is 13.1. The smallest absolute Gasteiger partial charge is 0.346 e. The van der Waals surface area contributed by atoms with Gasteiger partial charge in [0.15, 0.2) is 5.78 Å². The molecule has 0 bridgehead atoms. The summed E-state index contributed by atoms with van der Waals surface area (Å²) in [6.07, 6.45) is 0. The summed E-state index contributed by atoms with van der Waals surface area (Å²) < 4.78 is 0.596. The predicted molar refractivity (Wildman–Crippen MR) is 96.5 cm³/mol. The van der Waals surface area contributed by atoms with Gasteiger partial charge in [0.05, 0.1) is 10.7 Å². The van der Waals surface area contributed by atoms with E-state index in [-0.39, 0.29) is 4.88 Å². The lowest BCUT2D eigenvalue weighted by molar-refractivity contribution is -0.124. The first-order chi connectivity index (χ1) is 11.9. The molecule has 2 unspecified atom stereocenters. The molecule has 7 N–H and O–H groups in total. The number of rotatable bonds is 2. The topological polar surface area (TPSA) is 132 Å². The number of aromatic carboxylic acids is 1. The van der Waals surface area contributed by atoms with Gasteiger partial charge in [-0.3, -0.25) is 4.79 Å². The van der Waals surface area contributed by atoms with Crippen molar-refractivity contribution >= 4 is 38.9 Å². The lowest BCUT2D eigenvalue weighted by Crippen LogP contribution is -2.52. The minimum Gasteiger partial charge on any atom is -0.477 e. The molecular formula is C18H15N3O3S. The van der Waals surface area contributed by atoms with Crippen LogP contribution >= 0.6 is 11.3 Å². The van der Waals surface area contributed by atoms with Crippen molar-refractivity contribution in [1.29, 1.82) is 0 Å². The van der Waals surface area contributed by atoms with E-state index in [0.29, 0.717) is 32.5 Å². The van der Waals surface area contributed by atoms with Gasteiger partial charge in [-0.05, 0) is 17.2 Å². The molecule has 1 aliphatic rings. The number of hydrogen-bond donors (Lipinski definition) is 4. The molecule has 0 aliphatic heterocycles. The van der Waals surface area contributed by atoms with E-state index in [1.54, 1.807) is 36.4 Å². The van der Waals surface area contributed by atoms with Gasteiger partial charge in [0.25, 0.3) is 0 Å². The minimum absolute atomic E-state index is 0.0325. The standard InChI is InChI=1S/C18H15N3O3S/c19-10-7-6-9-11-12(15(17(23)24)25-14(10)11)13(20)16(22)18(9,21)8-4-2-1-3-5-8/h1-7,13H,19-21H2,(H,23,24). The fraction of sp³-hybridized carbons (Fsp3) is 0.111. The largest absolute Gasteiger partial charge is 0.477 e. The first kappa shape index (κ1) is 15.8. The second-order valence-corrected chi connectivity index (χ2v) is 7.09. The molecule has 2 aromatic carbocycles. The first-order valence-electron chi connectivity index (χ1n) is 7.60. The van der Waals surface area contributed by atoms with Crippen molar-refractivity contribution in [2.75, 3.05) is 5.73 Å². The van der Waals surface area contributed by atoms with E-state index in [1.807, 2.05) is 6.07 Å². The average molecular weight is 353 g/mol. The van der Waals surface area contributed by atoms with Crippen LogP contribution in [0.1, 0.15) is 32.4 Å². The number of anilines is 1. The molecule has 0 spiro atoms. The molecule has 1 aliphatic carbocycles. The summed E-state index contributed by atoms with van der Waals surface area (Å²) in [5.41, 5.74) is 19.3. The molecule has 4 rings (SSSR count). The Morgan fingerprint density at radius 2 is 1.84 bits per heavy atom. The van der Waals surface area contributed by atoms with Crippen molar-refractivity contribution < 1.29 is 14.7 Å². The molecule has 0 saturated carbocycles. The average Bonchev–Trinajstić information content (AvgIpc) is 3.02. The number of ketones is 1. The number of nitrogens with two attached hydrogens (primary N) is 3. The summed E-state index contributed by atoms with van der Waals surface area (Å²) in [7, 11) is 0. The third kappa shape index (κ3) is 1.91. The van der Waals surface area contributed by atoms with Gasteiger partial charge in [-0.25, -0.2) is 4.79 Å². The Bertz CT molecular complexity index is 1040. The molecule has 126 valence electrons. The van der Waals surface area contributed by atoms with Crippen molar-refractivity contribution in [3.63, 3.8) is 0 Å². The van der Waals surface area contributed by atoms with Crippen LogP contribution in [0.5, 0.6) is 0 Å². The number of carbonyl (C=O) groups excluding carboxylic acids is 1. The minimum atomic E-state index is -1.45. The SMILES string of the molecule is Nc1ccc2c3c(c(C(=O)O)sc13)C(N)C(=O)C2(N)c1ccccc1. The molecule has 1 heterocycles. The number of carboxylic acid groups (broad SMARTS) is 1. The second-order valence-electron chi connectivity index (χ2n) is 6.07. The van der Waals surface area contributed by atoms with E-state index in [0.717, 1.165) is 11.3 Å². The number of benzene rings is 2. The third-order valence-electron chi connectivity index (χ3n) is 4.74. The quantitative estimate of drug-likeness (QED) is 0.521. The van der Waals surface area contributed by atoms with Crippen LogP contribution in [0.2, 0.25) is 0 Å². The Kier molecular flexibility index (Phi) is 3.23. The van der Waals surface area contributed by atoms with Crippen molar-refractivity contribution in [3.8, 4) is 0 Å². The molecule has 7 heteroatoms. The summed E-state index contributed by atoms with van der Waals surface area (Å²) in [5, 5.41) is 10.1.